The van der Waals surface area contributed by atoms with Crippen LogP contribution in [0.4, 0.5) is 0 Å². The zero-order valence-corrected chi connectivity index (χ0v) is 19.0. The predicted molar refractivity (Wildman–Crippen MR) is 124 cm³/mol. The van der Waals surface area contributed by atoms with Gasteiger partial charge in [0.05, 0.1) is 20.8 Å². The molecule has 0 saturated heterocycles. The van der Waals surface area contributed by atoms with Crippen molar-refractivity contribution in [3.63, 3.8) is 0 Å². The number of Topliss-reactive ketones (excluding diaryl/α,β-unsaturated/α-hetero) is 1. The molecule has 2 fully saturated rings. The largest absolute Gasteiger partial charge is 0.493 e. The first-order valence-corrected chi connectivity index (χ1v) is 11.7. The van der Waals surface area contributed by atoms with Crippen LogP contribution in [0.3, 0.4) is 0 Å². The molecule has 2 saturated carbocycles. The fraction of sp³-hybridized carbons (Fsp3) is 0.464. The molecule has 5 rings (SSSR count). The van der Waals surface area contributed by atoms with Crippen LogP contribution in [-0.2, 0) is 21.6 Å². The van der Waals surface area contributed by atoms with Gasteiger partial charge in [0.25, 0.3) is 0 Å². The lowest BCUT2D eigenvalue weighted by Crippen LogP contribution is -2.45. The van der Waals surface area contributed by atoms with E-state index in [0.29, 0.717) is 43.2 Å². The second-order valence-electron chi connectivity index (χ2n) is 9.62. The molecule has 2 aromatic rings. The molecule has 0 spiro atoms. The summed E-state index contributed by atoms with van der Waals surface area (Å²) in [4.78, 5) is 13.5. The minimum Gasteiger partial charge on any atom is -0.493 e. The Bertz CT molecular complexity index is 998. The highest BCUT2D eigenvalue weighted by atomic mass is 16.5. The quantitative estimate of drug-likeness (QED) is 0.417. The third-order valence-electron chi connectivity index (χ3n) is 7.97. The molecule has 4 heteroatoms. The van der Waals surface area contributed by atoms with Gasteiger partial charge in [-0.3, -0.25) is 4.79 Å². The van der Waals surface area contributed by atoms with Gasteiger partial charge in [-0.25, -0.2) is 0 Å². The third-order valence-corrected chi connectivity index (χ3v) is 7.97. The molecular formula is C28H32O4. The molecule has 2 bridgehead atoms. The van der Waals surface area contributed by atoms with E-state index in [1.54, 1.807) is 14.2 Å². The summed E-state index contributed by atoms with van der Waals surface area (Å²) in [6.07, 6.45) is 8.22. The maximum absolute atomic E-state index is 13.5. The van der Waals surface area contributed by atoms with Gasteiger partial charge in [-0.05, 0) is 60.3 Å². The SMILES string of the molecule is COc1ccc([C@]2(CCOCc3ccccc3)CC(=O)[C@@H]3[C@H](C2)[C@@H]2C=C[C@H]3C2)cc1OC. The van der Waals surface area contributed by atoms with Crippen LogP contribution in [0.25, 0.3) is 0 Å². The summed E-state index contributed by atoms with van der Waals surface area (Å²) in [6.45, 7) is 1.22. The van der Waals surface area contributed by atoms with Crippen molar-refractivity contribution < 1.29 is 19.0 Å². The number of carbonyl (C=O) groups excluding carboxylic acids is 1. The number of allylic oxidation sites excluding steroid dienone is 2. The maximum Gasteiger partial charge on any atom is 0.161 e. The van der Waals surface area contributed by atoms with Crippen molar-refractivity contribution in [1.29, 1.82) is 0 Å². The van der Waals surface area contributed by atoms with Crippen molar-refractivity contribution in [2.24, 2.45) is 23.7 Å². The second kappa shape index (κ2) is 8.74. The Morgan fingerprint density at radius 2 is 1.75 bits per heavy atom. The van der Waals surface area contributed by atoms with Crippen molar-refractivity contribution in [2.75, 3.05) is 20.8 Å². The Kier molecular flexibility index (Phi) is 5.81. The summed E-state index contributed by atoms with van der Waals surface area (Å²) in [5, 5.41) is 0. The number of ketones is 1. The first-order valence-electron chi connectivity index (χ1n) is 11.7. The molecule has 0 N–H and O–H groups in total. The van der Waals surface area contributed by atoms with Gasteiger partial charge in [-0.1, -0.05) is 48.6 Å². The van der Waals surface area contributed by atoms with E-state index in [4.69, 9.17) is 14.2 Å². The minimum atomic E-state index is -0.229. The average Bonchev–Trinajstić information content (AvgIpc) is 3.44. The lowest BCUT2D eigenvalue weighted by atomic mass is 9.58. The van der Waals surface area contributed by atoms with Gasteiger partial charge in [0.15, 0.2) is 11.5 Å². The summed E-state index contributed by atoms with van der Waals surface area (Å²) in [5.41, 5.74) is 2.11. The molecule has 168 valence electrons. The molecule has 0 radical (unpaired) electrons. The number of rotatable bonds is 8. The molecule has 0 aliphatic heterocycles. The van der Waals surface area contributed by atoms with Crippen molar-refractivity contribution >= 4 is 5.78 Å². The van der Waals surface area contributed by atoms with Crippen LogP contribution in [0.1, 0.15) is 36.8 Å². The zero-order valence-electron chi connectivity index (χ0n) is 19.0. The Hall–Kier alpha value is -2.59. The number of benzene rings is 2. The number of fused-ring (bicyclic) bond motifs is 5. The van der Waals surface area contributed by atoms with Crippen LogP contribution >= 0.6 is 0 Å². The Morgan fingerprint density at radius 3 is 2.53 bits per heavy atom. The average molecular weight is 433 g/mol. The van der Waals surface area contributed by atoms with Gasteiger partial charge in [-0.2, -0.15) is 0 Å². The van der Waals surface area contributed by atoms with E-state index in [2.05, 4.69) is 36.4 Å². The Labute approximate surface area is 190 Å². The fourth-order valence-corrected chi connectivity index (χ4v) is 6.41. The number of hydrogen-bond donors (Lipinski definition) is 0. The molecule has 2 aromatic carbocycles. The fourth-order valence-electron chi connectivity index (χ4n) is 6.41. The summed E-state index contributed by atoms with van der Waals surface area (Å²) in [5.74, 6) is 3.51. The van der Waals surface area contributed by atoms with E-state index in [1.165, 1.54) is 5.56 Å². The molecule has 0 aromatic heterocycles. The highest BCUT2D eigenvalue weighted by Crippen LogP contribution is 2.58. The molecule has 3 aliphatic rings. The van der Waals surface area contributed by atoms with Crippen LogP contribution in [0.2, 0.25) is 0 Å². The summed E-state index contributed by atoms with van der Waals surface area (Å²) >= 11 is 0. The second-order valence-corrected chi connectivity index (χ2v) is 9.62. The van der Waals surface area contributed by atoms with E-state index in [9.17, 15) is 4.79 Å². The summed E-state index contributed by atoms with van der Waals surface area (Å²) in [6, 6.07) is 16.4. The smallest absolute Gasteiger partial charge is 0.161 e. The van der Waals surface area contributed by atoms with E-state index in [1.807, 2.05) is 24.3 Å². The van der Waals surface area contributed by atoms with Crippen molar-refractivity contribution in [3.8, 4) is 11.5 Å². The third kappa shape index (κ3) is 3.75. The Balaban J connectivity index is 1.41. The lowest BCUT2D eigenvalue weighted by molar-refractivity contribution is -0.130. The molecule has 3 aliphatic carbocycles. The van der Waals surface area contributed by atoms with Gasteiger partial charge >= 0.3 is 0 Å². The Morgan fingerprint density at radius 1 is 0.969 bits per heavy atom. The molecular weight excluding hydrogens is 400 g/mol. The highest BCUT2D eigenvalue weighted by molar-refractivity contribution is 5.85. The molecule has 0 unspecified atom stereocenters. The standard InChI is InChI=1S/C28H32O4/c1-30-25-11-10-22(15-26(25)31-2)28(12-13-32-18-19-6-4-3-5-7-19)16-23-20-8-9-21(14-20)27(23)24(29)17-28/h3-11,15,20-21,23,27H,12-14,16-18H2,1-2H3/t20-,21+,23-,27+,28+/m1/s1. The number of carbonyl (C=O) groups is 1. The number of ether oxygens (including phenoxy) is 3. The summed E-state index contributed by atoms with van der Waals surface area (Å²) in [7, 11) is 3.32. The van der Waals surface area contributed by atoms with Gasteiger partial charge in [0.1, 0.15) is 5.78 Å². The van der Waals surface area contributed by atoms with Crippen LogP contribution in [0.5, 0.6) is 11.5 Å². The van der Waals surface area contributed by atoms with Gasteiger partial charge in [-0.15, -0.1) is 0 Å². The van der Waals surface area contributed by atoms with Crippen LogP contribution in [-0.4, -0.2) is 26.6 Å². The predicted octanol–water partition coefficient (Wildman–Crippen LogP) is 5.35. The first-order chi connectivity index (χ1) is 15.6. The van der Waals surface area contributed by atoms with Gasteiger partial charge < -0.3 is 14.2 Å². The monoisotopic (exact) mass is 432 g/mol. The van der Waals surface area contributed by atoms with Crippen LogP contribution < -0.4 is 9.47 Å². The van der Waals surface area contributed by atoms with Crippen molar-refractivity contribution in [2.45, 2.75) is 37.7 Å². The molecule has 4 nitrogen and oxygen atoms in total. The molecule has 5 atom stereocenters. The van der Waals surface area contributed by atoms with Crippen molar-refractivity contribution in [1.82, 2.24) is 0 Å². The van der Waals surface area contributed by atoms with Gasteiger partial charge in [0, 0.05) is 24.4 Å². The summed E-state index contributed by atoms with van der Waals surface area (Å²) < 4.78 is 17.2. The minimum absolute atomic E-state index is 0.212. The topological polar surface area (TPSA) is 44.8 Å². The first kappa shape index (κ1) is 21.3. The van der Waals surface area contributed by atoms with Gasteiger partial charge in [0.2, 0.25) is 0 Å². The molecule has 0 amide bonds. The highest BCUT2D eigenvalue weighted by Gasteiger charge is 2.55. The maximum atomic E-state index is 13.5. The van der Waals surface area contributed by atoms with E-state index >= 15 is 0 Å². The number of hydrogen-bond acceptors (Lipinski definition) is 4. The normalized spacial score (nSPS) is 30.4. The molecule has 0 heterocycles. The molecule has 32 heavy (non-hydrogen) atoms. The van der Waals surface area contributed by atoms with E-state index in [0.717, 1.165) is 36.3 Å². The zero-order chi connectivity index (χ0) is 22.1. The van der Waals surface area contributed by atoms with Crippen LogP contribution in [0.15, 0.2) is 60.7 Å². The van der Waals surface area contributed by atoms with Crippen molar-refractivity contribution in [3.05, 3.63) is 71.8 Å². The lowest BCUT2D eigenvalue weighted by Gasteiger charge is -2.45. The van der Waals surface area contributed by atoms with E-state index in [-0.39, 0.29) is 11.3 Å². The van der Waals surface area contributed by atoms with Crippen LogP contribution in [0, 0.1) is 23.7 Å². The number of methoxy groups -OCH3 is 2. The van der Waals surface area contributed by atoms with E-state index < -0.39 is 0 Å².